The van der Waals surface area contributed by atoms with Gasteiger partial charge in [0.15, 0.2) is 0 Å². The predicted octanol–water partition coefficient (Wildman–Crippen LogP) is 5.68. The molecule has 0 amide bonds. The number of hydrogen-bond donors (Lipinski definition) is 1. The van der Waals surface area contributed by atoms with Crippen molar-refractivity contribution in [3.63, 3.8) is 0 Å². The van der Waals surface area contributed by atoms with E-state index < -0.39 is 0 Å². The smallest absolute Gasteiger partial charge is 0.0220 e. The van der Waals surface area contributed by atoms with Gasteiger partial charge in [0.2, 0.25) is 0 Å². The molecule has 1 aromatic carbocycles. The molecule has 1 aromatic rings. The van der Waals surface area contributed by atoms with Crippen molar-refractivity contribution in [1.82, 2.24) is 5.32 Å². The summed E-state index contributed by atoms with van der Waals surface area (Å²) in [6.45, 7) is 1.01. The van der Waals surface area contributed by atoms with E-state index in [2.05, 4.69) is 45.5 Å². The Bertz CT molecular complexity index is 439. The molecule has 2 atom stereocenters. The summed E-state index contributed by atoms with van der Waals surface area (Å²) >= 11 is 3.67. The Morgan fingerprint density at radius 2 is 1.62 bits per heavy atom. The first-order chi connectivity index (χ1) is 10.3. The Morgan fingerprint density at radius 1 is 0.905 bits per heavy atom. The Hall–Kier alpha value is -0.340. The summed E-state index contributed by atoms with van der Waals surface area (Å²) < 4.78 is 1.24. The highest BCUT2D eigenvalue weighted by Crippen LogP contribution is 2.38. The number of hydrogen-bond acceptors (Lipinski definition) is 1. The van der Waals surface area contributed by atoms with Crippen LogP contribution in [0.4, 0.5) is 0 Å². The summed E-state index contributed by atoms with van der Waals surface area (Å²) in [5.41, 5.74) is 1.39. The van der Waals surface area contributed by atoms with E-state index in [4.69, 9.17) is 0 Å². The molecule has 2 saturated carbocycles. The second-order valence-electron chi connectivity index (χ2n) is 6.93. The van der Waals surface area contributed by atoms with Crippen molar-refractivity contribution >= 4 is 15.9 Å². The van der Waals surface area contributed by atoms with Gasteiger partial charge in [-0.15, -0.1) is 0 Å². The van der Waals surface area contributed by atoms with Crippen LogP contribution in [-0.2, 0) is 6.54 Å². The summed E-state index contributed by atoms with van der Waals surface area (Å²) in [7, 11) is 0. The predicted molar refractivity (Wildman–Crippen MR) is 93.3 cm³/mol. The maximum Gasteiger partial charge on any atom is 0.0220 e. The molecular formula is C19H28BrN. The second kappa shape index (κ2) is 7.78. The largest absolute Gasteiger partial charge is 0.310 e. The van der Waals surface area contributed by atoms with E-state index >= 15 is 0 Å². The third-order valence-electron chi connectivity index (χ3n) is 5.59. The maximum atomic E-state index is 3.90. The average Bonchev–Trinajstić information content (AvgIpc) is 2.55. The van der Waals surface area contributed by atoms with Gasteiger partial charge in [-0.1, -0.05) is 79.1 Å². The van der Waals surface area contributed by atoms with Crippen molar-refractivity contribution in [3.8, 4) is 0 Å². The van der Waals surface area contributed by atoms with E-state index in [-0.39, 0.29) is 0 Å². The number of benzene rings is 1. The summed E-state index contributed by atoms with van der Waals surface area (Å²) in [6.07, 6.45) is 13.1. The molecule has 2 fully saturated rings. The van der Waals surface area contributed by atoms with Gasteiger partial charge < -0.3 is 5.32 Å². The molecule has 116 valence electrons. The van der Waals surface area contributed by atoms with E-state index in [1.807, 2.05) is 0 Å². The van der Waals surface area contributed by atoms with Crippen molar-refractivity contribution < 1.29 is 0 Å². The first-order valence-corrected chi connectivity index (χ1v) is 9.60. The van der Waals surface area contributed by atoms with E-state index in [1.54, 1.807) is 0 Å². The molecule has 0 radical (unpaired) electrons. The fraction of sp³-hybridized carbons (Fsp3) is 0.684. The second-order valence-corrected chi connectivity index (χ2v) is 7.78. The first kappa shape index (κ1) is 15.6. The minimum absolute atomic E-state index is 0.744. The maximum absolute atomic E-state index is 3.90. The van der Waals surface area contributed by atoms with Gasteiger partial charge in [-0.25, -0.2) is 0 Å². The standard InChI is InChI=1S/C19H28BrN/c20-18-12-6-4-10-16(18)14-21-19-13-7-5-11-17(19)15-8-2-1-3-9-15/h4,6,10,12,15,17,19,21H,1-3,5,7-9,11,13-14H2. The van der Waals surface area contributed by atoms with Crippen LogP contribution in [-0.4, -0.2) is 6.04 Å². The Kier molecular flexibility index (Phi) is 5.76. The zero-order chi connectivity index (χ0) is 14.5. The van der Waals surface area contributed by atoms with Gasteiger partial charge in [0, 0.05) is 17.1 Å². The van der Waals surface area contributed by atoms with Crippen LogP contribution in [0.25, 0.3) is 0 Å². The highest BCUT2D eigenvalue weighted by Gasteiger charge is 2.32. The third-order valence-corrected chi connectivity index (χ3v) is 6.36. The Labute approximate surface area is 138 Å². The highest BCUT2D eigenvalue weighted by molar-refractivity contribution is 9.10. The van der Waals surface area contributed by atoms with Crippen LogP contribution in [0.1, 0.15) is 63.4 Å². The van der Waals surface area contributed by atoms with Crippen molar-refractivity contribution in [1.29, 1.82) is 0 Å². The zero-order valence-corrected chi connectivity index (χ0v) is 14.6. The molecule has 0 spiro atoms. The van der Waals surface area contributed by atoms with E-state index in [1.165, 1.54) is 67.8 Å². The number of rotatable bonds is 4. The molecule has 2 aliphatic rings. The van der Waals surface area contributed by atoms with Crippen molar-refractivity contribution in [3.05, 3.63) is 34.3 Å². The highest BCUT2D eigenvalue weighted by atomic mass is 79.9. The molecule has 2 heteroatoms. The SMILES string of the molecule is Brc1ccccc1CNC1CCCCC1C1CCCCC1. The minimum Gasteiger partial charge on any atom is -0.310 e. The lowest BCUT2D eigenvalue weighted by Gasteiger charge is -2.39. The summed E-state index contributed by atoms with van der Waals surface area (Å²) in [5, 5.41) is 3.90. The molecule has 1 nitrogen and oxygen atoms in total. The molecule has 0 bridgehead atoms. The summed E-state index contributed by atoms with van der Waals surface area (Å²) in [4.78, 5) is 0. The Balaban J connectivity index is 1.60. The molecule has 1 N–H and O–H groups in total. The van der Waals surface area contributed by atoms with E-state index in [0.29, 0.717) is 0 Å². The molecule has 3 rings (SSSR count). The van der Waals surface area contributed by atoms with Crippen LogP contribution in [0.5, 0.6) is 0 Å². The fourth-order valence-corrected chi connectivity index (χ4v) is 4.85. The van der Waals surface area contributed by atoms with Gasteiger partial charge in [-0.05, 0) is 36.3 Å². The Morgan fingerprint density at radius 3 is 2.43 bits per heavy atom. The van der Waals surface area contributed by atoms with E-state index in [0.717, 1.165) is 24.4 Å². The monoisotopic (exact) mass is 349 g/mol. The van der Waals surface area contributed by atoms with Crippen molar-refractivity contribution in [2.75, 3.05) is 0 Å². The molecule has 2 aliphatic carbocycles. The number of nitrogens with one attached hydrogen (secondary N) is 1. The lowest BCUT2D eigenvalue weighted by molar-refractivity contribution is 0.149. The lowest BCUT2D eigenvalue weighted by Crippen LogP contribution is -2.42. The van der Waals surface area contributed by atoms with Crippen LogP contribution in [0.15, 0.2) is 28.7 Å². The quantitative estimate of drug-likeness (QED) is 0.737. The van der Waals surface area contributed by atoms with Gasteiger partial charge in [-0.3, -0.25) is 0 Å². The van der Waals surface area contributed by atoms with Gasteiger partial charge in [-0.2, -0.15) is 0 Å². The van der Waals surface area contributed by atoms with Crippen LogP contribution in [0.2, 0.25) is 0 Å². The molecule has 0 aliphatic heterocycles. The zero-order valence-electron chi connectivity index (χ0n) is 13.0. The summed E-state index contributed by atoms with van der Waals surface area (Å²) in [5.74, 6) is 1.93. The van der Waals surface area contributed by atoms with Crippen molar-refractivity contribution in [2.45, 2.75) is 70.4 Å². The van der Waals surface area contributed by atoms with Crippen LogP contribution < -0.4 is 5.32 Å². The molecular weight excluding hydrogens is 322 g/mol. The summed E-state index contributed by atoms with van der Waals surface area (Å²) in [6, 6.07) is 9.36. The fourth-order valence-electron chi connectivity index (χ4n) is 4.42. The number of halogens is 1. The van der Waals surface area contributed by atoms with Gasteiger partial charge >= 0.3 is 0 Å². The van der Waals surface area contributed by atoms with E-state index in [9.17, 15) is 0 Å². The third kappa shape index (κ3) is 4.10. The minimum atomic E-state index is 0.744. The van der Waals surface area contributed by atoms with Gasteiger partial charge in [0.25, 0.3) is 0 Å². The van der Waals surface area contributed by atoms with Crippen LogP contribution >= 0.6 is 15.9 Å². The topological polar surface area (TPSA) is 12.0 Å². The molecule has 2 unspecified atom stereocenters. The molecule has 0 aromatic heterocycles. The van der Waals surface area contributed by atoms with Crippen LogP contribution in [0.3, 0.4) is 0 Å². The normalized spacial score (nSPS) is 27.7. The molecule has 0 saturated heterocycles. The van der Waals surface area contributed by atoms with Gasteiger partial charge in [0.05, 0.1) is 0 Å². The first-order valence-electron chi connectivity index (χ1n) is 8.81. The average molecular weight is 350 g/mol. The van der Waals surface area contributed by atoms with Crippen molar-refractivity contribution in [2.24, 2.45) is 11.8 Å². The lowest BCUT2D eigenvalue weighted by atomic mass is 9.71. The molecule has 21 heavy (non-hydrogen) atoms. The van der Waals surface area contributed by atoms with Crippen LogP contribution in [0, 0.1) is 11.8 Å². The van der Waals surface area contributed by atoms with Gasteiger partial charge in [0.1, 0.15) is 0 Å². The molecule has 0 heterocycles.